The van der Waals surface area contributed by atoms with Crippen molar-refractivity contribution in [1.82, 2.24) is 5.32 Å². The number of amides is 1. The van der Waals surface area contributed by atoms with Crippen LogP contribution in [0.4, 0.5) is 0 Å². The van der Waals surface area contributed by atoms with Gasteiger partial charge in [0.1, 0.15) is 0 Å². The second kappa shape index (κ2) is 3.54. The van der Waals surface area contributed by atoms with Gasteiger partial charge in [0.25, 0.3) is 0 Å². The van der Waals surface area contributed by atoms with Crippen LogP contribution in [0.3, 0.4) is 0 Å². The molecule has 1 aliphatic heterocycles. The zero-order valence-corrected chi connectivity index (χ0v) is 9.01. The number of rotatable bonds is 4. The van der Waals surface area contributed by atoms with Gasteiger partial charge < -0.3 is 10.1 Å². The average molecular weight is 197 g/mol. The van der Waals surface area contributed by atoms with Crippen molar-refractivity contribution in [2.24, 2.45) is 17.3 Å². The molecule has 0 spiro atoms. The van der Waals surface area contributed by atoms with E-state index in [2.05, 4.69) is 12.2 Å². The third-order valence-corrected chi connectivity index (χ3v) is 3.33. The largest absolute Gasteiger partial charge is 0.380 e. The van der Waals surface area contributed by atoms with Gasteiger partial charge in [-0.05, 0) is 18.8 Å². The lowest BCUT2D eigenvalue weighted by Gasteiger charge is -2.38. The summed E-state index contributed by atoms with van der Waals surface area (Å²) in [6.07, 6.45) is 2.46. The summed E-state index contributed by atoms with van der Waals surface area (Å²) in [7, 11) is 0. The number of nitrogens with one attached hydrogen (secondary N) is 1. The maximum atomic E-state index is 11.7. The molecule has 1 heterocycles. The minimum atomic E-state index is 0.193. The monoisotopic (exact) mass is 197 g/mol. The predicted molar refractivity (Wildman–Crippen MR) is 53.8 cm³/mol. The molecule has 0 aromatic rings. The number of hydrogen-bond donors (Lipinski definition) is 1. The topological polar surface area (TPSA) is 38.3 Å². The normalized spacial score (nSPS) is 26.4. The molecule has 2 rings (SSSR count). The van der Waals surface area contributed by atoms with Crippen LogP contribution in [-0.2, 0) is 9.53 Å². The summed E-state index contributed by atoms with van der Waals surface area (Å²) in [5.74, 6) is 1.08. The Kier molecular flexibility index (Phi) is 2.52. The van der Waals surface area contributed by atoms with Crippen molar-refractivity contribution in [3.05, 3.63) is 0 Å². The number of hydrogen-bond acceptors (Lipinski definition) is 2. The maximum Gasteiger partial charge on any atom is 0.223 e. The lowest BCUT2D eigenvalue weighted by atomic mass is 9.88. The van der Waals surface area contributed by atoms with E-state index in [0.717, 1.165) is 19.8 Å². The molecular formula is C11H19NO2. The number of carbonyl (C=O) groups is 1. The molecule has 14 heavy (non-hydrogen) atoms. The summed E-state index contributed by atoms with van der Waals surface area (Å²) < 4.78 is 5.14. The van der Waals surface area contributed by atoms with Gasteiger partial charge in [-0.2, -0.15) is 0 Å². The fourth-order valence-corrected chi connectivity index (χ4v) is 1.82. The van der Waals surface area contributed by atoms with Crippen molar-refractivity contribution in [3.8, 4) is 0 Å². The second-order valence-corrected chi connectivity index (χ2v) is 5.15. The number of ether oxygens (including phenoxy) is 1. The molecule has 2 fully saturated rings. The van der Waals surface area contributed by atoms with E-state index in [0.29, 0.717) is 5.92 Å². The summed E-state index contributed by atoms with van der Waals surface area (Å²) in [6.45, 7) is 6.52. The van der Waals surface area contributed by atoms with Crippen LogP contribution in [0.1, 0.15) is 26.7 Å². The Morgan fingerprint density at radius 1 is 1.57 bits per heavy atom. The highest BCUT2D eigenvalue weighted by Crippen LogP contribution is 2.36. The summed E-state index contributed by atoms with van der Waals surface area (Å²) >= 11 is 0. The van der Waals surface area contributed by atoms with Gasteiger partial charge in [0.05, 0.1) is 13.2 Å². The van der Waals surface area contributed by atoms with Gasteiger partial charge >= 0.3 is 0 Å². The summed E-state index contributed by atoms with van der Waals surface area (Å²) in [4.78, 5) is 11.7. The van der Waals surface area contributed by atoms with E-state index < -0.39 is 0 Å². The van der Waals surface area contributed by atoms with E-state index in [1.807, 2.05) is 6.92 Å². The molecule has 1 unspecified atom stereocenters. The molecular weight excluding hydrogens is 178 g/mol. The maximum absolute atomic E-state index is 11.7. The third-order valence-electron chi connectivity index (χ3n) is 3.33. The number of carbonyl (C=O) groups excluding carboxylic acids is 1. The zero-order chi connectivity index (χ0) is 10.2. The molecule has 3 heteroatoms. The van der Waals surface area contributed by atoms with Crippen molar-refractivity contribution in [2.75, 3.05) is 19.8 Å². The highest BCUT2D eigenvalue weighted by atomic mass is 16.5. The zero-order valence-electron chi connectivity index (χ0n) is 9.01. The van der Waals surface area contributed by atoms with Crippen LogP contribution in [-0.4, -0.2) is 25.7 Å². The molecule has 0 bridgehead atoms. The van der Waals surface area contributed by atoms with Crippen LogP contribution in [0, 0.1) is 17.3 Å². The first-order valence-electron chi connectivity index (χ1n) is 5.46. The van der Waals surface area contributed by atoms with Gasteiger partial charge in [0, 0.05) is 17.9 Å². The molecule has 3 nitrogen and oxygen atoms in total. The van der Waals surface area contributed by atoms with E-state index in [4.69, 9.17) is 4.74 Å². The molecule has 1 amide bonds. The molecule has 0 radical (unpaired) electrons. The van der Waals surface area contributed by atoms with Crippen LogP contribution in [0.25, 0.3) is 0 Å². The van der Waals surface area contributed by atoms with E-state index in [1.165, 1.54) is 12.8 Å². The summed E-state index contributed by atoms with van der Waals surface area (Å²) in [5, 5.41) is 3.03. The molecule has 0 aromatic carbocycles. The smallest absolute Gasteiger partial charge is 0.223 e. The molecule has 1 atom stereocenters. The first-order chi connectivity index (χ1) is 6.61. The quantitative estimate of drug-likeness (QED) is 0.735. The molecule has 0 aromatic heterocycles. The molecule has 2 aliphatic rings. The first kappa shape index (κ1) is 9.97. The van der Waals surface area contributed by atoms with E-state index in [1.54, 1.807) is 0 Å². The Hall–Kier alpha value is -0.570. The van der Waals surface area contributed by atoms with Gasteiger partial charge in [-0.15, -0.1) is 0 Å². The van der Waals surface area contributed by atoms with Gasteiger partial charge in [0.2, 0.25) is 5.91 Å². The van der Waals surface area contributed by atoms with Crippen LogP contribution in [0.15, 0.2) is 0 Å². The summed E-state index contributed by atoms with van der Waals surface area (Å²) in [6, 6.07) is 0. The van der Waals surface area contributed by atoms with Crippen molar-refractivity contribution < 1.29 is 9.53 Å². The molecule has 1 saturated heterocycles. The van der Waals surface area contributed by atoms with E-state index in [-0.39, 0.29) is 17.2 Å². The molecule has 1 aliphatic carbocycles. The van der Waals surface area contributed by atoms with Crippen molar-refractivity contribution in [3.63, 3.8) is 0 Å². The Morgan fingerprint density at radius 2 is 2.21 bits per heavy atom. The van der Waals surface area contributed by atoms with Gasteiger partial charge in [0.15, 0.2) is 0 Å². The predicted octanol–water partition coefficient (Wildman–Crippen LogP) is 1.19. The fraction of sp³-hybridized carbons (Fsp3) is 0.909. The van der Waals surface area contributed by atoms with Gasteiger partial charge in [-0.3, -0.25) is 4.79 Å². The van der Waals surface area contributed by atoms with E-state index in [9.17, 15) is 4.79 Å². The molecule has 1 saturated carbocycles. The Bertz CT molecular complexity index is 231. The van der Waals surface area contributed by atoms with Crippen LogP contribution in [0.2, 0.25) is 0 Å². The van der Waals surface area contributed by atoms with Crippen LogP contribution >= 0.6 is 0 Å². The second-order valence-electron chi connectivity index (χ2n) is 5.15. The summed E-state index contributed by atoms with van der Waals surface area (Å²) in [5.41, 5.74) is 0.193. The minimum Gasteiger partial charge on any atom is -0.380 e. The molecule has 80 valence electrons. The highest BCUT2D eigenvalue weighted by Gasteiger charge is 2.36. The van der Waals surface area contributed by atoms with Crippen molar-refractivity contribution in [2.45, 2.75) is 26.7 Å². The third kappa shape index (κ3) is 2.08. The SMILES string of the molecule is CC(C(=O)NCC1(C)COC1)C1CC1. The van der Waals surface area contributed by atoms with Crippen LogP contribution in [0.5, 0.6) is 0 Å². The highest BCUT2D eigenvalue weighted by molar-refractivity contribution is 5.78. The Morgan fingerprint density at radius 3 is 2.64 bits per heavy atom. The minimum absolute atomic E-state index is 0.193. The average Bonchev–Trinajstić information content (AvgIpc) is 2.92. The van der Waals surface area contributed by atoms with Crippen molar-refractivity contribution >= 4 is 5.91 Å². The van der Waals surface area contributed by atoms with Crippen LogP contribution < -0.4 is 5.32 Å². The van der Waals surface area contributed by atoms with E-state index >= 15 is 0 Å². The standard InChI is InChI=1S/C11H19NO2/c1-8(9-3-4-9)10(13)12-5-11(2)6-14-7-11/h8-9H,3-7H2,1-2H3,(H,12,13). The van der Waals surface area contributed by atoms with Crippen molar-refractivity contribution in [1.29, 1.82) is 0 Å². The Balaban J connectivity index is 1.71. The van der Waals surface area contributed by atoms with Gasteiger partial charge in [-0.1, -0.05) is 13.8 Å². The first-order valence-corrected chi connectivity index (χ1v) is 5.46. The lowest BCUT2D eigenvalue weighted by molar-refractivity contribution is -0.130. The lowest BCUT2D eigenvalue weighted by Crippen LogP contribution is -2.49. The fourth-order valence-electron chi connectivity index (χ4n) is 1.82. The molecule has 1 N–H and O–H groups in total. The Labute approximate surface area is 85.2 Å². The van der Waals surface area contributed by atoms with Gasteiger partial charge in [-0.25, -0.2) is 0 Å².